The zero-order valence-corrected chi connectivity index (χ0v) is 6.93. The molecule has 10 heavy (non-hydrogen) atoms. The second-order valence-electron chi connectivity index (χ2n) is 1.79. The maximum absolute atomic E-state index is 3.78. The van der Waals surface area contributed by atoms with E-state index < -0.39 is 0 Å². The van der Waals surface area contributed by atoms with Gasteiger partial charge in [0, 0.05) is 10.7 Å². The van der Waals surface area contributed by atoms with Crippen molar-refractivity contribution in [2.75, 3.05) is 0 Å². The minimum atomic E-state index is 0.849. The fourth-order valence-electron chi connectivity index (χ4n) is 0.540. The predicted octanol–water partition coefficient (Wildman–Crippen LogP) is 2.33. The van der Waals surface area contributed by atoms with Crippen molar-refractivity contribution in [2.45, 2.75) is 0 Å². The Morgan fingerprint density at radius 3 is 3.10 bits per heavy atom. The summed E-state index contributed by atoms with van der Waals surface area (Å²) in [5.41, 5.74) is 0.973. The van der Waals surface area contributed by atoms with E-state index in [2.05, 4.69) is 32.7 Å². The largest absolute Gasteiger partial charge is 0.278 e. The SMILES string of the molecule is C=C(Br)/C=C\c1ccn[nH]1. The molecule has 0 radical (unpaired) electrons. The first kappa shape index (κ1) is 7.28. The minimum absolute atomic E-state index is 0.849. The van der Waals surface area contributed by atoms with Gasteiger partial charge in [-0.2, -0.15) is 5.10 Å². The van der Waals surface area contributed by atoms with Gasteiger partial charge in [0.15, 0.2) is 0 Å². The molecule has 0 amide bonds. The third kappa shape index (κ3) is 2.19. The van der Waals surface area contributed by atoms with Crippen LogP contribution in [0.4, 0.5) is 0 Å². The molecule has 1 aromatic rings. The molecule has 0 aromatic carbocycles. The number of halogens is 1. The molecule has 1 N–H and O–H groups in total. The molecule has 0 aliphatic heterocycles. The molecule has 0 bridgehead atoms. The summed E-state index contributed by atoms with van der Waals surface area (Å²) in [6.07, 6.45) is 5.45. The maximum Gasteiger partial charge on any atom is 0.0578 e. The maximum atomic E-state index is 3.78. The molecule has 1 aromatic heterocycles. The van der Waals surface area contributed by atoms with Crippen molar-refractivity contribution in [2.24, 2.45) is 0 Å². The Hall–Kier alpha value is -0.830. The molecule has 0 saturated heterocycles. The van der Waals surface area contributed by atoms with Crippen molar-refractivity contribution in [1.82, 2.24) is 10.2 Å². The highest BCUT2D eigenvalue weighted by Crippen LogP contribution is 2.05. The summed E-state index contributed by atoms with van der Waals surface area (Å²) in [6.45, 7) is 3.65. The lowest BCUT2D eigenvalue weighted by Crippen LogP contribution is -1.69. The summed E-state index contributed by atoms with van der Waals surface area (Å²) in [5.74, 6) is 0. The van der Waals surface area contributed by atoms with Crippen molar-refractivity contribution >= 4 is 22.0 Å². The van der Waals surface area contributed by atoms with Gasteiger partial charge in [-0.15, -0.1) is 0 Å². The molecule has 0 aliphatic carbocycles. The van der Waals surface area contributed by atoms with E-state index in [1.54, 1.807) is 6.20 Å². The van der Waals surface area contributed by atoms with Crippen LogP contribution in [0.15, 0.2) is 29.4 Å². The van der Waals surface area contributed by atoms with Crippen molar-refractivity contribution in [3.63, 3.8) is 0 Å². The van der Waals surface area contributed by atoms with Crippen molar-refractivity contribution in [1.29, 1.82) is 0 Å². The summed E-state index contributed by atoms with van der Waals surface area (Å²) in [5, 5.41) is 6.57. The number of aromatic nitrogens is 2. The van der Waals surface area contributed by atoms with Crippen molar-refractivity contribution in [3.8, 4) is 0 Å². The van der Waals surface area contributed by atoms with Crippen molar-refractivity contribution in [3.05, 3.63) is 35.1 Å². The predicted molar refractivity (Wildman–Crippen MR) is 45.7 cm³/mol. The van der Waals surface area contributed by atoms with Crippen LogP contribution in [0.1, 0.15) is 5.69 Å². The molecule has 0 saturated carbocycles. The van der Waals surface area contributed by atoms with Gasteiger partial charge in [0.1, 0.15) is 0 Å². The Balaban J connectivity index is 2.64. The first-order valence-corrected chi connectivity index (χ1v) is 3.60. The Bertz CT molecular complexity index is 236. The first-order valence-electron chi connectivity index (χ1n) is 2.81. The molecule has 0 unspecified atom stereocenters. The monoisotopic (exact) mass is 198 g/mol. The number of H-pyrrole nitrogens is 1. The number of hydrogen-bond donors (Lipinski definition) is 1. The van der Waals surface area contributed by atoms with E-state index in [9.17, 15) is 0 Å². The summed E-state index contributed by atoms with van der Waals surface area (Å²) < 4.78 is 0.849. The summed E-state index contributed by atoms with van der Waals surface area (Å²) in [7, 11) is 0. The molecule has 0 atom stereocenters. The Labute approximate surface area is 67.8 Å². The van der Waals surface area contributed by atoms with Crippen LogP contribution in [-0.4, -0.2) is 10.2 Å². The molecule has 1 rings (SSSR count). The van der Waals surface area contributed by atoms with E-state index in [0.717, 1.165) is 10.2 Å². The van der Waals surface area contributed by atoms with Crippen LogP contribution in [-0.2, 0) is 0 Å². The number of nitrogens with one attached hydrogen (secondary N) is 1. The van der Waals surface area contributed by atoms with Gasteiger partial charge < -0.3 is 0 Å². The Morgan fingerprint density at radius 1 is 1.80 bits per heavy atom. The normalized spacial score (nSPS) is 10.5. The average molecular weight is 199 g/mol. The molecule has 52 valence electrons. The fraction of sp³-hybridized carbons (Fsp3) is 0. The van der Waals surface area contributed by atoms with E-state index in [1.807, 2.05) is 18.2 Å². The molecule has 0 fully saturated rings. The second kappa shape index (κ2) is 3.37. The smallest absolute Gasteiger partial charge is 0.0578 e. The number of hydrogen-bond acceptors (Lipinski definition) is 1. The zero-order valence-electron chi connectivity index (χ0n) is 5.34. The van der Waals surface area contributed by atoms with Crippen LogP contribution in [0.5, 0.6) is 0 Å². The first-order chi connectivity index (χ1) is 4.79. The fourth-order valence-corrected chi connectivity index (χ4v) is 0.672. The molecular formula is C7H7BrN2. The van der Waals surface area contributed by atoms with Crippen LogP contribution in [0.3, 0.4) is 0 Å². The van der Waals surface area contributed by atoms with Gasteiger partial charge in [-0.25, -0.2) is 0 Å². The van der Waals surface area contributed by atoms with E-state index in [-0.39, 0.29) is 0 Å². The van der Waals surface area contributed by atoms with Gasteiger partial charge in [-0.05, 0) is 18.2 Å². The number of nitrogens with zero attached hydrogens (tertiary/aromatic N) is 1. The van der Waals surface area contributed by atoms with E-state index >= 15 is 0 Å². The third-order valence-electron chi connectivity index (χ3n) is 0.966. The van der Waals surface area contributed by atoms with Crippen LogP contribution >= 0.6 is 15.9 Å². The summed E-state index contributed by atoms with van der Waals surface area (Å²) in [6, 6.07) is 1.88. The highest BCUT2D eigenvalue weighted by Gasteiger charge is 1.83. The third-order valence-corrected chi connectivity index (χ3v) is 1.23. The van der Waals surface area contributed by atoms with Gasteiger partial charge in [0.25, 0.3) is 0 Å². The van der Waals surface area contributed by atoms with Gasteiger partial charge in [-0.3, -0.25) is 5.10 Å². The van der Waals surface area contributed by atoms with Gasteiger partial charge >= 0.3 is 0 Å². The quantitative estimate of drug-likeness (QED) is 0.727. The average Bonchev–Trinajstić information content (AvgIpc) is 2.34. The second-order valence-corrected chi connectivity index (χ2v) is 2.81. The standard InChI is InChI=1S/C7H7BrN2/c1-6(8)2-3-7-4-5-9-10-7/h2-5H,1H2,(H,9,10)/b3-2-. The lowest BCUT2D eigenvalue weighted by Gasteiger charge is -1.81. The van der Waals surface area contributed by atoms with Crippen molar-refractivity contribution < 1.29 is 0 Å². The lowest BCUT2D eigenvalue weighted by molar-refractivity contribution is 1.08. The Morgan fingerprint density at radius 2 is 2.60 bits per heavy atom. The van der Waals surface area contributed by atoms with E-state index in [0.29, 0.717) is 0 Å². The topological polar surface area (TPSA) is 28.7 Å². The van der Waals surface area contributed by atoms with Gasteiger partial charge in [-0.1, -0.05) is 22.5 Å². The van der Waals surface area contributed by atoms with Crippen LogP contribution in [0, 0.1) is 0 Å². The summed E-state index contributed by atoms with van der Waals surface area (Å²) in [4.78, 5) is 0. The number of rotatable bonds is 2. The van der Waals surface area contributed by atoms with Gasteiger partial charge in [0.05, 0.1) is 5.69 Å². The van der Waals surface area contributed by atoms with E-state index in [4.69, 9.17) is 0 Å². The highest BCUT2D eigenvalue weighted by atomic mass is 79.9. The molecule has 3 heteroatoms. The zero-order chi connectivity index (χ0) is 7.40. The van der Waals surface area contributed by atoms with Crippen LogP contribution in [0.2, 0.25) is 0 Å². The molecule has 0 aliphatic rings. The summed E-state index contributed by atoms with van der Waals surface area (Å²) >= 11 is 3.20. The molecule has 1 heterocycles. The number of aromatic amines is 1. The minimum Gasteiger partial charge on any atom is -0.278 e. The Kier molecular flexibility index (Phi) is 2.45. The number of allylic oxidation sites excluding steroid dienone is 2. The van der Waals surface area contributed by atoms with Crippen LogP contribution in [0.25, 0.3) is 6.08 Å². The van der Waals surface area contributed by atoms with Gasteiger partial charge in [0.2, 0.25) is 0 Å². The highest BCUT2D eigenvalue weighted by molar-refractivity contribution is 9.11. The molecule has 2 nitrogen and oxygen atoms in total. The van der Waals surface area contributed by atoms with E-state index in [1.165, 1.54) is 0 Å². The molecule has 0 spiro atoms. The molecular weight excluding hydrogens is 192 g/mol. The lowest BCUT2D eigenvalue weighted by atomic mass is 10.4. The van der Waals surface area contributed by atoms with Crippen LogP contribution < -0.4 is 0 Å².